The molecule has 3 heteroatoms. The van der Waals surface area contributed by atoms with Gasteiger partial charge in [-0.15, -0.1) is 0 Å². The number of carbonyl (C=O) groups excluding carboxylic acids is 1. The second kappa shape index (κ2) is 7.80. The van der Waals surface area contributed by atoms with Gasteiger partial charge >= 0.3 is 0 Å². The highest BCUT2D eigenvalue weighted by Gasteiger charge is 2.08. The summed E-state index contributed by atoms with van der Waals surface area (Å²) in [4.78, 5) is 13.6. The van der Waals surface area contributed by atoms with Crippen LogP contribution < -0.4 is 5.32 Å². The van der Waals surface area contributed by atoms with Gasteiger partial charge in [0, 0.05) is 12.5 Å². The van der Waals surface area contributed by atoms with E-state index in [0.29, 0.717) is 0 Å². The quantitative estimate of drug-likeness (QED) is 0.632. The lowest BCUT2D eigenvalue weighted by Crippen LogP contribution is -2.31. The van der Waals surface area contributed by atoms with Gasteiger partial charge in [-0.3, -0.25) is 4.79 Å². The zero-order chi connectivity index (χ0) is 11.0. The van der Waals surface area contributed by atoms with Gasteiger partial charge in [0.25, 0.3) is 0 Å². The SMILES string of the molecule is CCC(C)C(=O)NCCCN(C)CC. The van der Waals surface area contributed by atoms with E-state index in [0.717, 1.165) is 32.5 Å². The molecule has 0 saturated carbocycles. The number of nitrogens with one attached hydrogen (secondary N) is 1. The van der Waals surface area contributed by atoms with Gasteiger partial charge in [0.1, 0.15) is 0 Å². The first-order valence-corrected chi connectivity index (χ1v) is 5.58. The summed E-state index contributed by atoms with van der Waals surface area (Å²) < 4.78 is 0. The van der Waals surface area contributed by atoms with Crippen LogP contribution in [0, 0.1) is 5.92 Å². The molecule has 0 fully saturated rings. The highest BCUT2D eigenvalue weighted by molar-refractivity contribution is 5.78. The Morgan fingerprint density at radius 2 is 2.07 bits per heavy atom. The van der Waals surface area contributed by atoms with E-state index in [2.05, 4.69) is 24.2 Å². The molecule has 3 nitrogen and oxygen atoms in total. The lowest BCUT2D eigenvalue weighted by molar-refractivity contribution is -0.124. The number of hydrogen-bond acceptors (Lipinski definition) is 2. The van der Waals surface area contributed by atoms with E-state index in [1.54, 1.807) is 0 Å². The van der Waals surface area contributed by atoms with Gasteiger partial charge < -0.3 is 10.2 Å². The molecule has 0 aliphatic carbocycles. The van der Waals surface area contributed by atoms with Crippen molar-refractivity contribution in [3.8, 4) is 0 Å². The van der Waals surface area contributed by atoms with Crippen LogP contribution in [-0.4, -0.2) is 37.5 Å². The first-order chi connectivity index (χ1) is 6.61. The maximum Gasteiger partial charge on any atom is 0.222 e. The molecule has 0 aromatic rings. The van der Waals surface area contributed by atoms with Crippen molar-refractivity contribution in [2.24, 2.45) is 5.92 Å². The summed E-state index contributed by atoms with van der Waals surface area (Å²) in [5, 5.41) is 2.95. The van der Waals surface area contributed by atoms with E-state index in [-0.39, 0.29) is 11.8 Å². The molecular formula is C11H24N2O. The van der Waals surface area contributed by atoms with Crippen LogP contribution in [0.25, 0.3) is 0 Å². The van der Waals surface area contributed by atoms with Crippen molar-refractivity contribution in [3.63, 3.8) is 0 Å². The molecule has 1 amide bonds. The van der Waals surface area contributed by atoms with Crippen molar-refractivity contribution >= 4 is 5.91 Å². The Morgan fingerprint density at radius 1 is 1.43 bits per heavy atom. The minimum atomic E-state index is 0.152. The van der Waals surface area contributed by atoms with Crippen molar-refractivity contribution in [1.82, 2.24) is 10.2 Å². The monoisotopic (exact) mass is 200 g/mol. The van der Waals surface area contributed by atoms with E-state index < -0.39 is 0 Å². The Bertz CT molecular complexity index is 159. The summed E-state index contributed by atoms with van der Waals surface area (Å²) >= 11 is 0. The van der Waals surface area contributed by atoms with Gasteiger partial charge in [0.15, 0.2) is 0 Å². The van der Waals surface area contributed by atoms with Crippen molar-refractivity contribution in [3.05, 3.63) is 0 Å². The van der Waals surface area contributed by atoms with E-state index in [4.69, 9.17) is 0 Å². The smallest absolute Gasteiger partial charge is 0.222 e. The number of amides is 1. The van der Waals surface area contributed by atoms with E-state index in [1.165, 1.54) is 0 Å². The molecule has 0 aliphatic heterocycles. The molecule has 84 valence electrons. The molecule has 0 saturated heterocycles. The van der Waals surface area contributed by atoms with E-state index >= 15 is 0 Å². The van der Waals surface area contributed by atoms with Crippen LogP contribution in [0.4, 0.5) is 0 Å². The lowest BCUT2D eigenvalue weighted by Gasteiger charge is -2.14. The van der Waals surface area contributed by atoms with Gasteiger partial charge in [-0.2, -0.15) is 0 Å². The Labute approximate surface area is 87.9 Å². The molecule has 1 unspecified atom stereocenters. The fourth-order valence-electron chi connectivity index (χ4n) is 1.08. The van der Waals surface area contributed by atoms with Gasteiger partial charge in [-0.25, -0.2) is 0 Å². The Balaban J connectivity index is 3.40. The molecular weight excluding hydrogens is 176 g/mol. The largest absolute Gasteiger partial charge is 0.356 e. The van der Waals surface area contributed by atoms with Crippen LogP contribution in [0.1, 0.15) is 33.6 Å². The highest BCUT2D eigenvalue weighted by Crippen LogP contribution is 1.99. The fraction of sp³-hybridized carbons (Fsp3) is 0.909. The molecule has 0 bridgehead atoms. The Kier molecular flexibility index (Phi) is 7.48. The second-order valence-electron chi connectivity index (χ2n) is 3.85. The third-order valence-electron chi connectivity index (χ3n) is 2.62. The maximum atomic E-state index is 11.4. The molecule has 1 atom stereocenters. The Morgan fingerprint density at radius 3 is 2.57 bits per heavy atom. The van der Waals surface area contributed by atoms with Crippen molar-refractivity contribution in [2.75, 3.05) is 26.7 Å². The summed E-state index contributed by atoms with van der Waals surface area (Å²) in [5.41, 5.74) is 0. The average molecular weight is 200 g/mol. The number of carbonyl (C=O) groups is 1. The average Bonchev–Trinajstić information content (AvgIpc) is 2.22. The van der Waals surface area contributed by atoms with Crippen LogP contribution in [0.15, 0.2) is 0 Å². The van der Waals surface area contributed by atoms with Crippen molar-refractivity contribution in [2.45, 2.75) is 33.6 Å². The molecule has 0 spiro atoms. The third-order valence-corrected chi connectivity index (χ3v) is 2.62. The highest BCUT2D eigenvalue weighted by atomic mass is 16.1. The van der Waals surface area contributed by atoms with Crippen LogP contribution in [0.2, 0.25) is 0 Å². The zero-order valence-electron chi connectivity index (χ0n) is 9.97. The van der Waals surface area contributed by atoms with Crippen molar-refractivity contribution < 1.29 is 4.79 Å². The van der Waals surface area contributed by atoms with Crippen LogP contribution in [0.5, 0.6) is 0 Å². The van der Waals surface area contributed by atoms with Crippen LogP contribution in [-0.2, 0) is 4.79 Å². The van der Waals surface area contributed by atoms with E-state index in [9.17, 15) is 4.79 Å². The number of nitrogens with zero attached hydrogens (tertiary/aromatic N) is 1. The molecule has 0 aromatic heterocycles. The summed E-state index contributed by atoms with van der Waals surface area (Å²) in [7, 11) is 2.09. The predicted octanol–water partition coefficient (Wildman–Crippen LogP) is 1.49. The van der Waals surface area contributed by atoms with Crippen LogP contribution >= 0.6 is 0 Å². The molecule has 1 N–H and O–H groups in total. The standard InChI is InChI=1S/C11H24N2O/c1-5-10(3)11(14)12-8-7-9-13(4)6-2/h10H,5-9H2,1-4H3,(H,12,14). The third kappa shape index (κ3) is 5.97. The number of rotatable bonds is 7. The van der Waals surface area contributed by atoms with Gasteiger partial charge in [-0.05, 0) is 33.0 Å². The Hall–Kier alpha value is -0.570. The number of hydrogen-bond donors (Lipinski definition) is 1. The molecule has 0 rings (SSSR count). The predicted molar refractivity (Wildman–Crippen MR) is 60.3 cm³/mol. The minimum absolute atomic E-state index is 0.152. The summed E-state index contributed by atoms with van der Waals surface area (Å²) in [6, 6.07) is 0. The first-order valence-electron chi connectivity index (χ1n) is 5.58. The summed E-state index contributed by atoms with van der Waals surface area (Å²) in [6.07, 6.45) is 1.95. The topological polar surface area (TPSA) is 32.3 Å². The summed E-state index contributed by atoms with van der Waals surface area (Å²) in [6.45, 7) is 9.06. The second-order valence-corrected chi connectivity index (χ2v) is 3.85. The summed E-state index contributed by atoms with van der Waals surface area (Å²) in [5.74, 6) is 0.338. The normalized spacial score (nSPS) is 12.9. The van der Waals surface area contributed by atoms with Gasteiger partial charge in [0.05, 0.1) is 0 Å². The lowest BCUT2D eigenvalue weighted by atomic mass is 10.1. The molecule has 0 radical (unpaired) electrons. The zero-order valence-corrected chi connectivity index (χ0v) is 9.97. The minimum Gasteiger partial charge on any atom is -0.356 e. The maximum absolute atomic E-state index is 11.4. The van der Waals surface area contributed by atoms with E-state index in [1.807, 2.05) is 13.8 Å². The van der Waals surface area contributed by atoms with Gasteiger partial charge in [-0.1, -0.05) is 20.8 Å². The first kappa shape index (κ1) is 13.4. The van der Waals surface area contributed by atoms with Gasteiger partial charge in [0.2, 0.25) is 5.91 Å². The van der Waals surface area contributed by atoms with Crippen LogP contribution in [0.3, 0.4) is 0 Å². The molecule has 0 heterocycles. The fourth-order valence-corrected chi connectivity index (χ4v) is 1.08. The molecule has 0 aromatic carbocycles. The molecule has 0 aliphatic rings. The van der Waals surface area contributed by atoms with Crippen molar-refractivity contribution in [1.29, 1.82) is 0 Å². The molecule has 14 heavy (non-hydrogen) atoms.